The lowest BCUT2D eigenvalue weighted by molar-refractivity contribution is 0.600. The summed E-state index contributed by atoms with van der Waals surface area (Å²) < 4.78 is 26.1. The van der Waals surface area contributed by atoms with Gasteiger partial charge in [0.15, 0.2) is 0 Å². The molecule has 2 N–H and O–H groups in total. The molecule has 0 saturated carbocycles. The van der Waals surface area contributed by atoms with Crippen molar-refractivity contribution in [2.45, 2.75) is 4.90 Å². The summed E-state index contributed by atoms with van der Waals surface area (Å²) in [5, 5.41) is 0.266. The number of rotatable bonds is 3. The van der Waals surface area contributed by atoms with Crippen molar-refractivity contribution in [1.82, 2.24) is 9.97 Å². The minimum absolute atomic E-state index is 0.0444. The van der Waals surface area contributed by atoms with Crippen molar-refractivity contribution in [3.63, 3.8) is 0 Å². The van der Waals surface area contributed by atoms with Crippen LogP contribution in [0.1, 0.15) is 0 Å². The van der Waals surface area contributed by atoms with Crippen LogP contribution in [-0.4, -0.2) is 18.4 Å². The van der Waals surface area contributed by atoms with Crippen LogP contribution in [0.25, 0.3) is 0 Å². The molecule has 18 heavy (non-hydrogen) atoms. The molecule has 0 aliphatic carbocycles. The number of anilines is 1. The Morgan fingerprint density at radius 2 is 2.00 bits per heavy atom. The summed E-state index contributed by atoms with van der Waals surface area (Å²) in [5.74, 6) is 0. The molecular formula is C10H8ClN3O3S. The topological polar surface area (TPSA) is 91.9 Å². The summed E-state index contributed by atoms with van der Waals surface area (Å²) in [6, 6.07) is 5.30. The average molecular weight is 286 g/mol. The lowest BCUT2D eigenvalue weighted by atomic mass is 10.4. The molecule has 0 amide bonds. The van der Waals surface area contributed by atoms with Gasteiger partial charge in [-0.15, -0.1) is 0 Å². The molecule has 0 aliphatic heterocycles. The zero-order valence-corrected chi connectivity index (χ0v) is 10.5. The molecule has 0 radical (unpaired) electrons. The van der Waals surface area contributed by atoms with Crippen molar-refractivity contribution in [3.8, 4) is 0 Å². The lowest BCUT2D eigenvalue weighted by Crippen LogP contribution is -2.15. The Morgan fingerprint density at radius 1 is 1.22 bits per heavy atom. The highest BCUT2D eigenvalue weighted by Gasteiger charge is 2.14. The monoisotopic (exact) mass is 285 g/mol. The standard InChI is InChI=1S/C10H8ClN3O3S/c11-9-3-1-7(5-12-9)14-18(16,17)8-2-4-10(15)13-6-8/h1-6,14H,(H,13,15). The predicted molar refractivity (Wildman–Crippen MR) is 67.1 cm³/mol. The Kier molecular flexibility index (Phi) is 3.35. The largest absolute Gasteiger partial charge is 0.328 e. The molecule has 0 spiro atoms. The van der Waals surface area contributed by atoms with Crippen molar-refractivity contribution in [3.05, 3.63) is 52.2 Å². The summed E-state index contributed by atoms with van der Waals surface area (Å²) >= 11 is 5.59. The summed E-state index contributed by atoms with van der Waals surface area (Å²) in [4.78, 5) is 16.8. The van der Waals surface area contributed by atoms with Crippen molar-refractivity contribution in [1.29, 1.82) is 0 Å². The fourth-order valence-corrected chi connectivity index (χ4v) is 2.34. The summed E-state index contributed by atoms with van der Waals surface area (Å²) in [5.41, 5.74) is -0.0901. The van der Waals surface area contributed by atoms with Crippen molar-refractivity contribution < 1.29 is 8.42 Å². The summed E-state index contributed by atoms with van der Waals surface area (Å²) in [7, 11) is -3.75. The lowest BCUT2D eigenvalue weighted by Gasteiger charge is -2.06. The quantitative estimate of drug-likeness (QED) is 0.830. The molecule has 2 aromatic rings. The molecule has 0 fully saturated rings. The number of hydrogen-bond acceptors (Lipinski definition) is 4. The van der Waals surface area contributed by atoms with Crippen LogP contribution in [0, 0.1) is 0 Å². The molecule has 0 aliphatic rings. The van der Waals surface area contributed by atoms with E-state index in [0.717, 1.165) is 12.3 Å². The smallest absolute Gasteiger partial charge is 0.263 e. The summed E-state index contributed by atoms with van der Waals surface area (Å²) in [6.07, 6.45) is 2.42. The second kappa shape index (κ2) is 4.79. The number of nitrogens with one attached hydrogen (secondary N) is 2. The van der Waals surface area contributed by atoms with E-state index in [1.165, 1.54) is 24.4 Å². The van der Waals surface area contributed by atoms with Gasteiger partial charge in [0, 0.05) is 12.3 Å². The third-order valence-electron chi connectivity index (χ3n) is 2.05. The highest BCUT2D eigenvalue weighted by molar-refractivity contribution is 7.92. The summed E-state index contributed by atoms with van der Waals surface area (Å²) in [6.45, 7) is 0. The van der Waals surface area contributed by atoms with E-state index in [2.05, 4.69) is 14.7 Å². The van der Waals surface area contributed by atoms with E-state index in [1.54, 1.807) is 0 Å². The predicted octanol–water partition coefficient (Wildman–Crippen LogP) is 1.22. The number of H-pyrrole nitrogens is 1. The number of aromatic amines is 1. The van der Waals surface area contributed by atoms with E-state index in [-0.39, 0.29) is 21.3 Å². The average Bonchev–Trinajstić information content (AvgIpc) is 2.32. The van der Waals surface area contributed by atoms with Gasteiger partial charge in [-0.3, -0.25) is 9.52 Å². The second-order valence-electron chi connectivity index (χ2n) is 3.36. The van der Waals surface area contributed by atoms with Crippen molar-refractivity contribution in [2.24, 2.45) is 0 Å². The van der Waals surface area contributed by atoms with Crippen LogP contribution in [0.15, 0.2) is 46.3 Å². The van der Waals surface area contributed by atoms with Gasteiger partial charge in [0.1, 0.15) is 10.0 Å². The van der Waals surface area contributed by atoms with Gasteiger partial charge in [-0.05, 0) is 18.2 Å². The van der Waals surface area contributed by atoms with E-state index in [1.807, 2.05) is 0 Å². The fraction of sp³-hybridized carbons (Fsp3) is 0. The molecule has 6 nitrogen and oxygen atoms in total. The van der Waals surface area contributed by atoms with Crippen molar-refractivity contribution >= 4 is 27.3 Å². The van der Waals surface area contributed by atoms with Crippen LogP contribution in [0.5, 0.6) is 0 Å². The second-order valence-corrected chi connectivity index (χ2v) is 5.43. The third kappa shape index (κ3) is 2.88. The Balaban J connectivity index is 2.29. The number of halogens is 1. The van der Waals surface area contributed by atoms with E-state index in [4.69, 9.17) is 11.6 Å². The number of nitrogens with zero attached hydrogens (tertiary/aromatic N) is 1. The van der Waals surface area contributed by atoms with E-state index >= 15 is 0 Å². The molecule has 2 aromatic heterocycles. The van der Waals surface area contributed by atoms with E-state index < -0.39 is 10.0 Å². The van der Waals surface area contributed by atoms with Crippen LogP contribution >= 0.6 is 11.6 Å². The van der Waals surface area contributed by atoms with E-state index in [0.29, 0.717) is 0 Å². The molecule has 2 heterocycles. The van der Waals surface area contributed by atoms with Gasteiger partial charge in [-0.1, -0.05) is 11.6 Å². The van der Waals surface area contributed by atoms with Crippen LogP contribution < -0.4 is 10.3 Å². The number of hydrogen-bond donors (Lipinski definition) is 2. The molecular weight excluding hydrogens is 278 g/mol. The Bertz CT molecular complexity index is 689. The molecule has 94 valence electrons. The van der Waals surface area contributed by atoms with Crippen LogP contribution in [0.2, 0.25) is 5.15 Å². The van der Waals surface area contributed by atoms with Crippen LogP contribution in [-0.2, 0) is 10.0 Å². The maximum absolute atomic E-state index is 11.9. The fourth-order valence-electron chi connectivity index (χ4n) is 1.21. The number of aromatic nitrogens is 2. The van der Waals surface area contributed by atoms with Gasteiger partial charge < -0.3 is 4.98 Å². The van der Waals surface area contributed by atoms with Crippen molar-refractivity contribution in [2.75, 3.05) is 4.72 Å². The normalized spacial score (nSPS) is 11.2. The van der Waals surface area contributed by atoms with Crippen LogP contribution in [0.4, 0.5) is 5.69 Å². The van der Waals surface area contributed by atoms with Gasteiger partial charge in [0.05, 0.1) is 11.9 Å². The highest BCUT2D eigenvalue weighted by Crippen LogP contribution is 2.15. The maximum atomic E-state index is 11.9. The van der Waals surface area contributed by atoms with Gasteiger partial charge in [0.2, 0.25) is 5.56 Å². The number of pyridine rings is 2. The van der Waals surface area contributed by atoms with Gasteiger partial charge in [-0.2, -0.15) is 0 Å². The van der Waals surface area contributed by atoms with Crippen LogP contribution in [0.3, 0.4) is 0 Å². The molecule has 8 heteroatoms. The van der Waals surface area contributed by atoms with Gasteiger partial charge in [-0.25, -0.2) is 13.4 Å². The highest BCUT2D eigenvalue weighted by atomic mass is 35.5. The zero-order chi connectivity index (χ0) is 13.2. The van der Waals surface area contributed by atoms with Gasteiger partial charge >= 0.3 is 0 Å². The maximum Gasteiger partial charge on any atom is 0.263 e. The Morgan fingerprint density at radius 3 is 2.56 bits per heavy atom. The first-order valence-electron chi connectivity index (χ1n) is 4.80. The third-order valence-corrected chi connectivity index (χ3v) is 3.65. The molecule has 0 atom stereocenters. The first-order valence-corrected chi connectivity index (χ1v) is 6.67. The minimum atomic E-state index is -3.75. The Hall–Kier alpha value is -1.86. The van der Waals surface area contributed by atoms with E-state index in [9.17, 15) is 13.2 Å². The SMILES string of the molecule is O=c1ccc(S(=O)(=O)Nc2ccc(Cl)nc2)c[nH]1. The first kappa shape index (κ1) is 12.6. The number of sulfonamides is 1. The first-order chi connectivity index (χ1) is 8.47. The molecule has 0 unspecified atom stereocenters. The Labute approximate surface area is 108 Å². The zero-order valence-electron chi connectivity index (χ0n) is 8.92. The molecule has 2 rings (SSSR count). The van der Waals surface area contributed by atoms with Gasteiger partial charge in [0.25, 0.3) is 10.0 Å². The molecule has 0 saturated heterocycles. The molecule has 0 bridgehead atoms. The minimum Gasteiger partial charge on any atom is -0.328 e. The molecule has 0 aromatic carbocycles.